The second-order valence-electron chi connectivity index (χ2n) is 4.91. The van der Waals surface area contributed by atoms with Crippen molar-refractivity contribution in [1.29, 1.82) is 0 Å². The molecule has 3 aromatic rings. The van der Waals surface area contributed by atoms with Crippen LogP contribution in [-0.4, -0.2) is 17.3 Å². The number of phenolic OH excluding ortho intramolecular Hbond substituents is 1. The van der Waals surface area contributed by atoms with E-state index in [0.717, 1.165) is 5.56 Å². The molecule has 0 saturated carbocycles. The Morgan fingerprint density at radius 1 is 1.14 bits per heavy atom. The van der Waals surface area contributed by atoms with Gasteiger partial charge in [0.2, 0.25) is 5.43 Å². The lowest BCUT2D eigenvalue weighted by molar-refractivity contribution is 0.282. The van der Waals surface area contributed by atoms with Gasteiger partial charge < -0.3 is 19.4 Å². The van der Waals surface area contributed by atoms with E-state index in [2.05, 4.69) is 0 Å². The molecule has 21 heavy (non-hydrogen) atoms. The summed E-state index contributed by atoms with van der Waals surface area (Å²) in [7, 11) is 1.50. The Morgan fingerprint density at radius 3 is 2.52 bits per heavy atom. The number of phenols is 1. The van der Waals surface area contributed by atoms with E-state index in [1.807, 2.05) is 0 Å². The van der Waals surface area contributed by atoms with Gasteiger partial charge in [-0.2, -0.15) is 0 Å². The van der Waals surface area contributed by atoms with E-state index in [-0.39, 0.29) is 28.6 Å². The number of ether oxygens (including phenoxy) is 1. The third-order valence-corrected chi connectivity index (χ3v) is 3.46. The van der Waals surface area contributed by atoms with Crippen LogP contribution in [-0.2, 0) is 6.61 Å². The highest BCUT2D eigenvalue weighted by Crippen LogP contribution is 2.30. The molecule has 5 nitrogen and oxygen atoms in total. The summed E-state index contributed by atoms with van der Waals surface area (Å²) >= 11 is 0. The molecule has 0 spiro atoms. The topological polar surface area (TPSA) is 79.9 Å². The molecule has 3 rings (SSSR count). The highest BCUT2D eigenvalue weighted by Gasteiger charge is 2.16. The molecule has 2 N–H and O–H groups in total. The largest absolute Gasteiger partial charge is 0.507 e. The number of aryl methyl sites for hydroxylation is 1. The van der Waals surface area contributed by atoms with Gasteiger partial charge in [0.1, 0.15) is 28.1 Å². The molecular formula is C16H14O5. The van der Waals surface area contributed by atoms with E-state index in [9.17, 15) is 15.0 Å². The van der Waals surface area contributed by atoms with E-state index in [0.29, 0.717) is 22.5 Å². The van der Waals surface area contributed by atoms with Gasteiger partial charge in [-0.05, 0) is 36.2 Å². The first kappa shape index (κ1) is 13.5. The van der Waals surface area contributed by atoms with Crippen molar-refractivity contribution < 1.29 is 19.4 Å². The summed E-state index contributed by atoms with van der Waals surface area (Å²) < 4.78 is 10.9. The lowest BCUT2D eigenvalue weighted by Gasteiger charge is -2.09. The van der Waals surface area contributed by atoms with Crippen LogP contribution in [0.25, 0.3) is 21.9 Å². The van der Waals surface area contributed by atoms with Crippen molar-refractivity contribution in [3.8, 4) is 11.5 Å². The zero-order chi connectivity index (χ0) is 15.1. The molecule has 0 bridgehead atoms. The predicted molar refractivity (Wildman–Crippen MR) is 78.9 cm³/mol. The smallest absolute Gasteiger partial charge is 0.204 e. The number of methoxy groups -OCH3 is 1. The molecule has 0 amide bonds. The molecule has 0 aliphatic heterocycles. The summed E-state index contributed by atoms with van der Waals surface area (Å²) in [4.78, 5) is 12.6. The third kappa shape index (κ3) is 2.02. The van der Waals surface area contributed by atoms with Crippen LogP contribution in [0.3, 0.4) is 0 Å². The van der Waals surface area contributed by atoms with Crippen LogP contribution in [0.4, 0.5) is 0 Å². The number of rotatable bonds is 2. The zero-order valence-corrected chi connectivity index (χ0v) is 11.6. The summed E-state index contributed by atoms with van der Waals surface area (Å²) in [6.07, 6.45) is 0. The summed E-state index contributed by atoms with van der Waals surface area (Å²) in [5, 5.41) is 19.8. The minimum absolute atomic E-state index is 0.118. The minimum atomic E-state index is -0.365. The van der Waals surface area contributed by atoms with Crippen LogP contribution in [0.2, 0.25) is 0 Å². The molecule has 0 unspecified atom stereocenters. The number of benzene rings is 2. The number of aliphatic hydroxyl groups excluding tert-OH is 1. The Hall–Kier alpha value is -2.53. The maximum absolute atomic E-state index is 12.6. The number of hydrogen-bond donors (Lipinski definition) is 2. The van der Waals surface area contributed by atoms with Crippen LogP contribution in [0.15, 0.2) is 33.5 Å². The van der Waals surface area contributed by atoms with Crippen LogP contribution in [0, 0.1) is 6.92 Å². The average molecular weight is 286 g/mol. The van der Waals surface area contributed by atoms with Crippen molar-refractivity contribution in [2.24, 2.45) is 0 Å². The Bertz CT molecular complexity index is 908. The van der Waals surface area contributed by atoms with E-state index in [1.54, 1.807) is 25.1 Å². The van der Waals surface area contributed by atoms with Crippen molar-refractivity contribution in [2.45, 2.75) is 13.5 Å². The van der Waals surface area contributed by atoms with Gasteiger partial charge in [-0.25, -0.2) is 0 Å². The van der Waals surface area contributed by atoms with Crippen LogP contribution < -0.4 is 10.2 Å². The number of aromatic hydroxyl groups is 1. The van der Waals surface area contributed by atoms with E-state index >= 15 is 0 Å². The molecule has 0 atom stereocenters. The molecular weight excluding hydrogens is 272 g/mol. The van der Waals surface area contributed by atoms with E-state index < -0.39 is 0 Å². The number of hydrogen-bond acceptors (Lipinski definition) is 5. The third-order valence-electron chi connectivity index (χ3n) is 3.46. The van der Waals surface area contributed by atoms with Gasteiger partial charge in [0, 0.05) is 6.07 Å². The molecule has 1 aromatic heterocycles. The molecule has 108 valence electrons. The van der Waals surface area contributed by atoms with Crippen molar-refractivity contribution in [1.82, 2.24) is 0 Å². The SMILES string of the molecule is COc1cc(CO)c2c(=O)c3c(O)cc(C)cc3oc2c1. The summed E-state index contributed by atoms with van der Waals surface area (Å²) in [5.74, 6) is 0.367. The second-order valence-corrected chi connectivity index (χ2v) is 4.91. The standard InChI is InChI=1S/C16H14O5/c1-8-3-11(18)15-12(4-8)21-13-6-10(20-2)5-9(7-17)14(13)16(15)19/h3-6,17-18H,7H2,1-2H3. The van der Waals surface area contributed by atoms with Crippen molar-refractivity contribution in [3.63, 3.8) is 0 Å². The molecule has 1 heterocycles. The summed E-state index contributed by atoms with van der Waals surface area (Å²) in [6.45, 7) is 1.48. The lowest BCUT2D eigenvalue weighted by atomic mass is 10.0. The molecule has 0 saturated heterocycles. The van der Waals surface area contributed by atoms with Gasteiger partial charge in [0.05, 0.1) is 19.1 Å². The van der Waals surface area contributed by atoms with Gasteiger partial charge in [-0.1, -0.05) is 0 Å². The second kappa shape index (κ2) is 4.79. The van der Waals surface area contributed by atoms with Crippen LogP contribution in [0.5, 0.6) is 11.5 Å². The van der Waals surface area contributed by atoms with Gasteiger partial charge in [0.15, 0.2) is 0 Å². The first-order valence-corrected chi connectivity index (χ1v) is 6.43. The Kier molecular flexibility index (Phi) is 3.07. The van der Waals surface area contributed by atoms with Crippen molar-refractivity contribution >= 4 is 21.9 Å². The van der Waals surface area contributed by atoms with Crippen molar-refractivity contribution in [3.05, 3.63) is 45.6 Å². The lowest BCUT2D eigenvalue weighted by Crippen LogP contribution is -2.06. The van der Waals surface area contributed by atoms with Crippen LogP contribution in [0.1, 0.15) is 11.1 Å². The Balaban J connectivity index is 2.56. The maximum Gasteiger partial charge on any atom is 0.204 e. The average Bonchev–Trinajstić information content (AvgIpc) is 2.44. The molecule has 0 radical (unpaired) electrons. The monoisotopic (exact) mass is 286 g/mol. The fraction of sp³-hybridized carbons (Fsp3) is 0.188. The first-order chi connectivity index (χ1) is 10.0. The number of aliphatic hydroxyl groups is 1. The highest BCUT2D eigenvalue weighted by atomic mass is 16.5. The fourth-order valence-electron chi connectivity index (χ4n) is 2.51. The van der Waals surface area contributed by atoms with Gasteiger partial charge in [-0.3, -0.25) is 4.79 Å². The molecule has 0 aliphatic carbocycles. The normalized spacial score (nSPS) is 11.2. The highest BCUT2D eigenvalue weighted by molar-refractivity contribution is 5.95. The molecule has 2 aromatic carbocycles. The maximum atomic E-state index is 12.6. The molecule has 5 heteroatoms. The molecule has 0 fully saturated rings. The summed E-state index contributed by atoms with van der Waals surface area (Å²) in [6, 6.07) is 6.37. The number of fused-ring (bicyclic) bond motifs is 2. The summed E-state index contributed by atoms with van der Waals surface area (Å²) in [5.41, 5.74) is 1.45. The Labute approximate surface area is 120 Å². The van der Waals surface area contributed by atoms with E-state index in [1.165, 1.54) is 13.2 Å². The van der Waals surface area contributed by atoms with Crippen LogP contribution >= 0.6 is 0 Å². The van der Waals surface area contributed by atoms with E-state index in [4.69, 9.17) is 9.15 Å². The molecule has 0 aliphatic rings. The minimum Gasteiger partial charge on any atom is -0.507 e. The Morgan fingerprint density at radius 2 is 1.86 bits per heavy atom. The fourth-order valence-corrected chi connectivity index (χ4v) is 2.51. The van der Waals surface area contributed by atoms with Gasteiger partial charge in [-0.15, -0.1) is 0 Å². The quantitative estimate of drug-likeness (QED) is 0.707. The zero-order valence-electron chi connectivity index (χ0n) is 11.6. The van der Waals surface area contributed by atoms with Gasteiger partial charge >= 0.3 is 0 Å². The van der Waals surface area contributed by atoms with Gasteiger partial charge in [0.25, 0.3) is 0 Å². The van der Waals surface area contributed by atoms with Crippen molar-refractivity contribution in [2.75, 3.05) is 7.11 Å². The predicted octanol–water partition coefficient (Wildman–Crippen LogP) is 2.46. The first-order valence-electron chi connectivity index (χ1n) is 6.43.